The first-order valence-electron chi connectivity index (χ1n) is 14.1. The number of carbonyl (C=O) groups excluding carboxylic acids is 1. The molecule has 2 fully saturated rings. The number of rotatable bonds is 11. The summed E-state index contributed by atoms with van der Waals surface area (Å²) in [7, 11) is -3.30. The minimum absolute atomic E-state index is 0. The van der Waals surface area contributed by atoms with E-state index in [1.165, 1.54) is 17.0 Å². The van der Waals surface area contributed by atoms with Crippen molar-refractivity contribution in [1.29, 1.82) is 0 Å². The second kappa shape index (κ2) is 14.1. The average molecular weight is 628 g/mol. The van der Waals surface area contributed by atoms with Crippen LogP contribution in [0.1, 0.15) is 56.2 Å². The molecular weight excluding hydrogens is 588 g/mol. The first-order chi connectivity index (χ1) is 19.4. The molecule has 0 aromatic heterocycles. The third kappa shape index (κ3) is 8.41. The van der Waals surface area contributed by atoms with Crippen LogP contribution in [-0.4, -0.2) is 90.7 Å². The van der Waals surface area contributed by atoms with Crippen molar-refractivity contribution >= 4 is 34.2 Å². The summed E-state index contributed by atoms with van der Waals surface area (Å²) in [5, 5.41) is 9.98. The fourth-order valence-electron chi connectivity index (χ4n) is 6.04. The second-order valence-electron chi connectivity index (χ2n) is 11.2. The van der Waals surface area contributed by atoms with Crippen molar-refractivity contribution in [3.8, 4) is 0 Å². The molecule has 1 aliphatic carbocycles. The Morgan fingerprint density at radius 1 is 1.02 bits per heavy atom. The Bertz CT molecular complexity index is 1300. The number of nitrogens with zero attached hydrogens (tertiary/aromatic N) is 3. The lowest BCUT2D eigenvalue weighted by molar-refractivity contribution is -0.133. The molecule has 0 bridgehead atoms. The summed E-state index contributed by atoms with van der Waals surface area (Å²) in [6, 6.07) is 14.5. The normalized spacial score (nSPS) is 18.4. The molecular formula is C30H40ClF2N3O5S. The summed E-state index contributed by atoms with van der Waals surface area (Å²) in [4.78, 5) is 30.9. The number of hydrogen-bond acceptors (Lipinski definition) is 5. The molecule has 1 heterocycles. The van der Waals surface area contributed by atoms with Crippen LogP contribution in [-0.2, 0) is 21.1 Å². The van der Waals surface area contributed by atoms with Crippen molar-refractivity contribution in [2.24, 2.45) is 0 Å². The van der Waals surface area contributed by atoms with Crippen LogP contribution in [0.4, 0.5) is 13.6 Å². The van der Waals surface area contributed by atoms with Gasteiger partial charge in [0.1, 0.15) is 0 Å². The van der Waals surface area contributed by atoms with Gasteiger partial charge in [-0.25, -0.2) is 22.0 Å². The average Bonchev–Trinajstić information content (AvgIpc) is 2.91. The number of carbonyl (C=O) groups is 2. The predicted molar refractivity (Wildman–Crippen MR) is 159 cm³/mol. The van der Waals surface area contributed by atoms with Gasteiger partial charge in [0.05, 0.1) is 17.4 Å². The van der Waals surface area contributed by atoms with Crippen molar-refractivity contribution in [2.45, 2.75) is 74.4 Å². The lowest BCUT2D eigenvalue weighted by Gasteiger charge is -2.45. The third-order valence-corrected chi connectivity index (χ3v) is 9.42. The second-order valence-corrected chi connectivity index (χ2v) is 13.2. The van der Waals surface area contributed by atoms with Crippen molar-refractivity contribution in [3.05, 3.63) is 65.7 Å². The zero-order valence-corrected chi connectivity index (χ0v) is 25.6. The van der Waals surface area contributed by atoms with Gasteiger partial charge in [0.15, 0.2) is 9.84 Å². The fourth-order valence-corrected chi connectivity index (χ4v) is 6.67. The molecule has 8 nitrogen and oxygen atoms in total. The molecule has 4 rings (SSSR count). The molecule has 1 saturated carbocycles. The number of carboxylic acid groups (broad SMARTS) is 1. The molecule has 1 saturated heterocycles. The minimum atomic E-state index is -3.30. The van der Waals surface area contributed by atoms with E-state index in [9.17, 15) is 31.9 Å². The fraction of sp³-hybridized carbons (Fsp3) is 0.533. The maximum atomic E-state index is 13.6. The van der Waals surface area contributed by atoms with Crippen LogP contribution in [0.15, 0.2) is 59.5 Å². The number of benzene rings is 2. The van der Waals surface area contributed by atoms with Crippen LogP contribution in [0, 0.1) is 0 Å². The Balaban J connectivity index is 0.00000484. The van der Waals surface area contributed by atoms with Crippen LogP contribution in [0.5, 0.6) is 0 Å². The highest BCUT2D eigenvalue weighted by molar-refractivity contribution is 7.90. The van der Waals surface area contributed by atoms with Gasteiger partial charge in [0.2, 0.25) is 5.91 Å². The topological polar surface area (TPSA) is 98.2 Å². The van der Waals surface area contributed by atoms with E-state index in [0.29, 0.717) is 19.5 Å². The van der Waals surface area contributed by atoms with Crippen LogP contribution in [0.3, 0.4) is 0 Å². The SMILES string of the molecule is CCN(C(=O)Cc1ccc(S(C)(=O)=O)cc1)C1CCN(CC[C@@H](c2ccccc2)N(C(=O)O)C2CC(F)(F)C2)CC1.Cl. The number of likely N-dealkylation sites (N-methyl/N-ethyl adjacent to an activating group) is 1. The third-order valence-electron chi connectivity index (χ3n) is 8.29. The summed E-state index contributed by atoms with van der Waals surface area (Å²) in [5.74, 6) is -2.82. The number of sulfone groups is 1. The molecule has 12 heteroatoms. The summed E-state index contributed by atoms with van der Waals surface area (Å²) < 4.78 is 50.7. The molecule has 0 radical (unpaired) electrons. The standard InChI is InChI=1S/C30H39F2N3O5S.ClH/c1-3-34(28(36)19-22-9-11-26(12-10-22)41(2,39)40)24-13-16-33(17-14-24)18-15-27(23-7-5-4-6-8-23)35(29(37)38)25-20-30(31,32)21-25;/h4-12,24-25,27H,3,13-21H2,1-2H3,(H,37,38);1H/t27-;/m0./s1. The zero-order chi connectivity index (χ0) is 29.8. The van der Waals surface area contributed by atoms with E-state index in [4.69, 9.17) is 0 Å². The maximum Gasteiger partial charge on any atom is 0.408 e. The Labute approximate surface area is 253 Å². The highest BCUT2D eigenvalue weighted by Crippen LogP contribution is 2.44. The van der Waals surface area contributed by atoms with E-state index in [1.807, 2.05) is 42.2 Å². The molecule has 1 atom stereocenters. The smallest absolute Gasteiger partial charge is 0.408 e. The number of hydrogen-bond donors (Lipinski definition) is 1. The number of amides is 2. The van der Waals surface area contributed by atoms with Crippen molar-refractivity contribution in [2.75, 3.05) is 32.4 Å². The van der Waals surface area contributed by atoms with E-state index < -0.39 is 46.8 Å². The van der Waals surface area contributed by atoms with Crippen molar-refractivity contribution < 1.29 is 31.9 Å². The van der Waals surface area contributed by atoms with Gasteiger partial charge in [0.25, 0.3) is 5.92 Å². The van der Waals surface area contributed by atoms with Gasteiger partial charge >= 0.3 is 6.09 Å². The molecule has 2 aromatic carbocycles. The Morgan fingerprint density at radius 2 is 1.62 bits per heavy atom. The van der Waals surface area contributed by atoms with E-state index in [0.717, 1.165) is 43.3 Å². The van der Waals surface area contributed by atoms with Crippen LogP contribution in [0.2, 0.25) is 0 Å². The first-order valence-corrected chi connectivity index (χ1v) is 16.0. The lowest BCUT2D eigenvalue weighted by atomic mass is 9.85. The van der Waals surface area contributed by atoms with Crippen LogP contribution < -0.4 is 0 Å². The van der Waals surface area contributed by atoms with E-state index in [-0.39, 0.29) is 35.7 Å². The van der Waals surface area contributed by atoms with Crippen LogP contribution >= 0.6 is 12.4 Å². The maximum absolute atomic E-state index is 13.6. The Kier molecular flexibility index (Phi) is 11.4. The number of piperidine rings is 1. The summed E-state index contributed by atoms with van der Waals surface area (Å²) in [6.07, 6.45) is 1.32. The summed E-state index contributed by atoms with van der Waals surface area (Å²) in [6.45, 7) is 4.62. The van der Waals surface area contributed by atoms with E-state index in [1.54, 1.807) is 12.1 Å². The first kappa shape index (κ1) is 33.7. The minimum Gasteiger partial charge on any atom is -0.465 e. The van der Waals surface area contributed by atoms with Gasteiger partial charge in [-0.1, -0.05) is 42.5 Å². The Hall–Kier alpha value is -2.76. The number of alkyl halides is 2. The van der Waals surface area contributed by atoms with Crippen LogP contribution in [0.25, 0.3) is 0 Å². The lowest BCUT2D eigenvalue weighted by Crippen LogP contribution is -2.54. The molecule has 1 aliphatic heterocycles. The van der Waals surface area contributed by atoms with Gasteiger partial charge in [-0.05, 0) is 49.4 Å². The van der Waals surface area contributed by atoms with Gasteiger partial charge < -0.3 is 14.9 Å². The Morgan fingerprint density at radius 3 is 2.12 bits per heavy atom. The highest BCUT2D eigenvalue weighted by Gasteiger charge is 2.51. The van der Waals surface area contributed by atoms with Gasteiger partial charge in [0, 0.05) is 57.4 Å². The molecule has 0 unspecified atom stereocenters. The summed E-state index contributed by atoms with van der Waals surface area (Å²) >= 11 is 0. The van der Waals surface area contributed by atoms with E-state index in [2.05, 4.69) is 4.90 Å². The van der Waals surface area contributed by atoms with Gasteiger partial charge in [-0.3, -0.25) is 9.69 Å². The molecule has 42 heavy (non-hydrogen) atoms. The zero-order valence-electron chi connectivity index (χ0n) is 24.0. The molecule has 1 N–H and O–H groups in total. The number of halogens is 3. The van der Waals surface area contributed by atoms with Gasteiger partial charge in [-0.15, -0.1) is 12.4 Å². The predicted octanol–water partition coefficient (Wildman–Crippen LogP) is 5.28. The number of likely N-dealkylation sites (tertiary alicyclic amines) is 1. The largest absolute Gasteiger partial charge is 0.465 e. The van der Waals surface area contributed by atoms with Crippen molar-refractivity contribution in [3.63, 3.8) is 0 Å². The van der Waals surface area contributed by atoms with E-state index >= 15 is 0 Å². The molecule has 232 valence electrons. The molecule has 2 amide bonds. The molecule has 0 spiro atoms. The summed E-state index contributed by atoms with van der Waals surface area (Å²) in [5.41, 5.74) is 1.56. The van der Waals surface area contributed by atoms with Crippen molar-refractivity contribution in [1.82, 2.24) is 14.7 Å². The molecule has 2 aliphatic rings. The van der Waals surface area contributed by atoms with Gasteiger partial charge in [-0.2, -0.15) is 0 Å². The molecule has 2 aromatic rings. The highest BCUT2D eigenvalue weighted by atomic mass is 35.5. The monoisotopic (exact) mass is 627 g/mol. The quantitative estimate of drug-likeness (QED) is 0.364.